The van der Waals surface area contributed by atoms with Gasteiger partial charge in [-0.05, 0) is 38.9 Å². The zero-order valence-corrected chi connectivity index (χ0v) is 17.9. The van der Waals surface area contributed by atoms with Gasteiger partial charge in [0.05, 0.1) is 17.4 Å². The zero-order chi connectivity index (χ0) is 22.0. The molecule has 1 atom stereocenters. The van der Waals surface area contributed by atoms with Crippen LogP contribution >= 0.6 is 0 Å². The Hall–Kier alpha value is -3.07. The molecule has 0 spiro atoms. The first-order valence-corrected chi connectivity index (χ1v) is 10.8. The standard InChI is InChI=1S/C22H28N4O5/c1-3-25-7-5-6-14(25)10-23-20(27)11-24-22(29)16-12-26(4-2)17-9-19-18(30-13-31-19)8-15(17)21(16)28/h8-9,12,14H,3-7,10-11,13H2,1-2H3,(H,23,27)(H,24,29)/t14-/m0/s1. The molecular weight excluding hydrogens is 400 g/mol. The molecule has 0 radical (unpaired) electrons. The second kappa shape index (κ2) is 8.97. The number of rotatable bonds is 7. The number of aromatic nitrogens is 1. The summed E-state index contributed by atoms with van der Waals surface area (Å²) in [6.07, 6.45) is 3.72. The normalized spacial score (nSPS) is 17.8. The van der Waals surface area contributed by atoms with Gasteiger partial charge in [0.2, 0.25) is 18.1 Å². The van der Waals surface area contributed by atoms with Crippen molar-refractivity contribution in [3.63, 3.8) is 0 Å². The Labute approximate surface area is 180 Å². The van der Waals surface area contributed by atoms with Crippen LogP contribution in [0, 0.1) is 0 Å². The van der Waals surface area contributed by atoms with Crippen LogP contribution in [0.2, 0.25) is 0 Å². The van der Waals surface area contributed by atoms with E-state index in [4.69, 9.17) is 9.47 Å². The monoisotopic (exact) mass is 428 g/mol. The number of pyridine rings is 1. The minimum Gasteiger partial charge on any atom is -0.454 e. The van der Waals surface area contributed by atoms with Crippen LogP contribution in [0.25, 0.3) is 10.9 Å². The highest BCUT2D eigenvalue weighted by atomic mass is 16.7. The minimum atomic E-state index is -0.571. The Balaban J connectivity index is 1.45. The van der Waals surface area contributed by atoms with E-state index in [1.165, 1.54) is 6.20 Å². The van der Waals surface area contributed by atoms with Crippen molar-refractivity contribution in [2.75, 3.05) is 33.0 Å². The van der Waals surface area contributed by atoms with Crippen molar-refractivity contribution in [3.05, 3.63) is 34.1 Å². The van der Waals surface area contributed by atoms with Gasteiger partial charge < -0.3 is 24.7 Å². The maximum absolute atomic E-state index is 13.0. The summed E-state index contributed by atoms with van der Waals surface area (Å²) in [6.45, 7) is 7.10. The Morgan fingerprint density at radius 3 is 2.65 bits per heavy atom. The lowest BCUT2D eigenvalue weighted by Gasteiger charge is -2.22. The largest absolute Gasteiger partial charge is 0.454 e. The van der Waals surface area contributed by atoms with E-state index in [9.17, 15) is 14.4 Å². The van der Waals surface area contributed by atoms with Gasteiger partial charge in [0.15, 0.2) is 11.5 Å². The maximum Gasteiger partial charge on any atom is 0.257 e. The maximum atomic E-state index is 13.0. The van der Waals surface area contributed by atoms with Crippen LogP contribution in [0.5, 0.6) is 11.5 Å². The molecule has 0 unspecified atom stereocenters. The van der Waals surface area contributed by atoms with E-state index >= 15 is 0 Å². The summed E-state index contributed by atoms with van der Waals surface area (Å²) in [5, 5.41) is 5.84. The molecule has 9 heteroatoms. The van der Waals surface area contributed by atoms with E-state index in [0.29, 0.717) is 41.5 Å². The summed E-state index contributed by atoms with van der Waals surface area (Å²) in [5.74, 6) is 0.221. The molecule has 3 heterocycles. The van der Waals surface area contributed by atoms with Crippen LogP contribution < -0.4 is 25.5 Å². The fourth-order valence-corrected chi connectivity index (χ4v) is 4.30. The second-order valence-electron chi connectivity index (χ2n) is 7.79. The van der Waals surface area contributed by atoms with Gasteiger partial charge in [0.1, 0.15) is 5.56 Å². The number of carbonyl (C=O) groups excluding carboxylic acids is 2. The molecule has 1 saturated heterocycles. The molecule has 4 rings (SSSR count). The third-order valence-electron chi connectivity index (χ3n) is 6.01. The zero-order valence-electron chi connectivity index (χ0n) is 17.9. The van der Waals surface area contributed by atoms with Crippen molar-refractivity contribution in [2.24, 2.45) is 0 Å². The Morgan fingerprint density at radius 1 is 1.13 bits per heavy atom. The molecule has 0 aliphatic carbocycles. The Kier molecular flexibility index (Phi) is 6.13. The van der Waals surface area contributed by atoms with E-state index in [0.717, 1.165) is 25.9 Å². The Morgan fingerprint density at radius 2 is 1.90 bits per heavy atom. The number of nitrogens with zero attached hydrogens (tertiary/aromatic N) is 2. The molecule has 0 saturated carbocycles. The van der Waals surface area contributed by atoms with Gasteiger partial charge in [-0.1, -0.05) is 6.92 Å². The number of carbonyl (C=O) groups is 2. The van der Waals surface area contributed by atoms with Gasteiger partial charge in [-0.3, -0.25) is 19.3 Å². The van der Waals surface area contributed by atoms with E-state index < -0.39 is 11.3 Å². The molecule has 2 aliphatic heterocycles. The molecule has 31 heavy (non-hydrogen) atoms. The SMILES string of the molecule is CCN1CCC[C@H]1CNC(=O)CNC(=O)c1cn(CC)c2cc3c(cc2c1=O)OCO3. The van der Waals surface area contributed by atoms with Crippen molar-refractivity contribution in [2.45, 2.75) is 39.3 Å². The smallest absolute Gasteiger partial charge is 0.257 e. The highest BCUT2D eigenvalue weighted by Crippen LogP contribution is 2.35. The average molecular weight is 428 g/mol. The van der Waals surface area contributed by atoms with Crippen LogP contribution in [0.1, 0.15) is 37.0 Å². The third-order valence-corrected chi connectivity index (χ3v) is 6.01. The molecule has 166 valence electrons. The summed E-state index contributed by atoms with van der Waals surface area (Å²) in [6, 6.07) is 3.70. The highest BCUT2D eigenvalue weighted by molar-refractivity contribution is 5.99. The molecular formula is C22H28N4O5. The lowest BCUT2D eigenvalue weighted by atomic mass is 10.1. The molecule has 2 aliphatic rings. The van der Waals surface area contributed by atoms with E-state index in [1.807, 2.05) is 11.5 Å². The Bertz CT molecular complexity index is 1060. The van der Waals surface area contributed by atoms with Crippen LogP contribution in [0.15, 0.2) is 23.1 Å². The summed E-state index contributed by atoms with van der Waals surface area (Å²) in [5.41, 5.74) is 0.262. The second-order valence-corrected chi connectivity index (χ2v) is 7.79. The number of likely N-dealkylation sites (N-methyl/N-ethyl adjacent to an activating group) is 1. The van der Waals surface area contributed by atoms with Crippen molar-refractivity contribution < 1.29 is 19.1 Å². The number of hydrogen-bond acceptors (Lipinski definition) is 6. The molecule has 1 aromatic carbocycles. The first-order valence-electron chi connectivity index (χ1n) is 10.8. The predicted molar refractivity (Wildman–Crippen MR) is 116 cm³/mol. The quantitative estimate of drug-likeness (QED) is 0.684. The van der Waals surface area contributed by atoms with Crippen LogP contribution in [-0.4, -0.2) is 60.3 Å². The number of amides is 2. The number of nitrogens with one attached hydrogen (secondary N) is 2. The number of ether oxygens (including phenoxy) is 2. The number of benzene rings is 1. The van der Waals surface area contributed by atoms with Gasteiger partial charge >= 0.3 is 0 Å². The fraction of sp³-hybridized carbons (Fsp3) is 0.500. The van der Waals surface area contributed by atoms with Crippen LogP contribution in [0.4, 0.5) is 0 Å². The average Bonchev–Trinajstić information content (AvgIpc) is 3.43. The predicted octanol–water partition coefficient (Wildman–Crippen LogP) is 1.08. The van der Waals surface area contributed by atoms with Gasteiger partial charge in [-0.2, -0.15) is 0 Å². The van der Waals surface area contributed by atoms with E-state index in [2.05, 4.69) is 22.5 Å². The van der Waals surface area contributed by atoms with Crippen molar-refractivity contribution in [3.8, 4) is 11.5 Å². The first-order chi connectivity index (χ1) is 15.0. The number of fused-ring (bicyclic) bond motifs is 2. The van der Waals surface area contributed by atoms with Gasteiger partial charge in [-0.25, -0.2) is 0 Å². The van der Waals surface area contributed by atoms with Crippen molar-refractivity contribution in [1.82, 2.24) is 20.1 Å². The first kappa shape index (κ1) is 21.2. The van der Waals surface area contributed by atoms with E-state index in [-0.39, 0.29) is 24.8 Å². The lowest BCUT2D eigenvalue weighted by molar-refractivity contribution is -0.120. The molecule has 2 aromatic rings. The molecule has 0 bridgehead atoms. The molecule has 9 nitrogen and oxygen atoms in total. The summed E-state index contributed by atoms with van der Waals surface area (Å²) >= 11 is 0. The fourth-order valence-electron chi connectivity index (χ4n) is 4.30. The van der Waals surface area contributed by atoms with E-state index in [1.54, 1.807) is 12.1 Å². The molecule has 2 N–H and O–H groups in total. The van der Waals surface area contributed by atoms with Crippen LogP contribution in [0.3, 0.4) is 0 Å². The molecule has 2 amide bonds. The van der Waals surface area contributed by atoms with Crippen LogP contribution in [-0.2, 0) is 11.3 Å². The van der Waals surface area contributed by atoms with Crippen molar-refractivity contribution in [1.29, 1.82) is 0 Å². The summed E-state index contributed by atoms with van der Waals surface area (Å²) in [7, 11) is 0. The summed E-state index contributed by atoms with van der Waals surface area (Å²) in [4.78, 5) is 40.2. The topological polar surface area (TPSA) is 102 Å². The third kappa shape index (κ3) is 4.23. The van der Waals surface area contributed by atoms with Gasteiger partial charge in [-0.15, -0.1) is 0 Å². The van der Waals surface area contributed by atoms with Crippen molar-refractivity contribution >= 4 is 22.7 Å². The summed E-state index contributed by atoms with van der Waals surface area (Å²) < 4.78 is 12.6. The molecule has 1 fully saturated rings. The number of aryl methyl sites for hydroxylation is 1. The minimum absolute atomic E-state index is 0.00559. The number of likely N-dealkylation sites (tertiary alicyclic amines) is 1. The highest BCUT2D eigenvalue weighted by Gasteiger charge is 2.24. The molecule has 1 aromatic heterocycles. The van der Waals surface area contributed by atoms with Gasteiger partial charge in [0, 0.05) is 31.4 Å². The van der Waals surface area contributed by atoms with Gasteiger partial charge in [0.25, 0.3) is 5.91 Å². The lowest BCUT2D eigenvalue weighted by Crippen LogP contribution is -2.44. The number of hydrogen-bond donors (Lipinski definition) is 2.